The Bertz CT molecular complexity index is 717. The Balaban J connectivity index is 2.75. The second-order valence-corrected chi connectivity index (χ2v) is 5.03. The van der Waals surface area contributed by atoms with Crippen LogP contribution in [0.1, 0.15) is 31.1 Å². The van der Waals surface area contributed by atoms with E-state index in [2.05, 4.69) is 5.32 Å². The standard InChI is InChI=1S/C15H19N3O2/c1-4-18-8-10(15(20)17-9(2)3)14(19)13-11(16)6-5-7-12(13)18/h5-9H,4,16H2,1-3H3,(H,17,20). The number of aromatic nitrogens is 1. The molecule has 3 N–H and O–H groups in total. The van der Waals surface area contributed by atoms with Crippen LogP contribution in [-0.2, 0) is 6.54 Å². The molecule has 0 bridgehead atoms. The summed E-state index contributed by atoms with van der Waals surface area (Å²) in [5.41, 5.74) is 6.86. The molecular weight excluding hydrogens is 254 g/mol. The molecule has 0 atom stereocenters. The van der Waals surface area contributed by atoms with E-state index in [4.69, 9.17) is 5.73 Å². The molecule has 5 nitrogen and oxygen atoms in total. The fraction of sp³-hybridized carbons (Fsp3) is 0.333. The van der Waals surface area contributed by atoms with Crippen molar-refractivity contribution in [1.29, 1.82) is 0 Å². The second-order valence-electron chi connectivity index (χ2n) is 5.03. The lowest BCUT2D eigenvalue weighted by Gasteiger charge is -2.14. The zero-order valence-corrected chi connectivity index (χ0v) is 11.9. The van der Waals surface area contributed by atoms with Gasteiger partial charge in [0, 0.05) is 24.5 Å². The van der Waals surface area contributed by atoms with Crippen molar-refractivity contribution >= 4 is 22.5 Å². The highest BCUT2D eigenvalue weighted by atomic mass is 16.2. The highest BCUT2D eigenvalue weighted by Crippen LogP contribution is 2.18. The third kappa shape index (κ3) is 2.39. The van der Waals surface area contributed by atoms with Gasteiger partial charge in [0.05, 0.1) is 10.9 Å². The molecule has 1 amide bonds. The molecule has 0 saturated heterocycles. The van der Waals surface area contributed by atoms with Crippen LogP contribution < -0.4 is 16.5 Å². The topological polar surface area (TPSA) is 77.1 Å². The predicted octanol–water partition coefficient (Wildman–Crippen LogP) is 1.74. The monoisotopic (exact) mass is 273 g/mol. The lowest BCUT2D eigenvalue weighted by atomic mass is 10.1. The van der Waals surface area contributed by atoms with Gasteiger partial charge in [-0.05, 0) is 32.9 Å². The highest BCUT2D eigenvalue weighted by molar-refractivity contribution is 6.00. The van der Waals surface area contributed by atoms with Gasteiger partial charge in [-0.1, -0.05) is 6.07 Å². The van der Waals surface area contributed by atoms with Crippen LogP contribution in [0.25, 0.3) is 10.9 Å². The van der Waals surface area contributed by atoms with E-state index in [1.54, 1.807) is 18.3 Å². The molecule has 0 radical (unpaired) electrons. The van der Waals surface area contributed by atoms with E-state index in [0.717, 1.165) is 5.52 Å². The minimum atomic E-state index is -0.364. The van der Waals surface area contributed by atoms with Gasteiger partial charge in [0.25, 0.3) is 5.91 Å². The summed E-state index contributed by atoms with van der Waals surface area (Å²) in [6.45, 7) is 6.32. The van der Waals surface area contributed by atoms with Gasteiger partial charge in [0.2, 0.25) is 5.43 Å². The van der Waals surface area contributed by atoms with Crippen molar-refractivity contribution in [2.75, 3.05) is 5.73 Å². The Morgan fingerprint density at radius 2 is 2.10 bits per heavy atom. The molecule has 2 rings (SSSR count). The van der Waals surface area contributed by atoms with E-state index in [1.807, 2.05) is 31.4 Å². The molecule has 0 aliphatic carbocycles. The number of nitrogens with zero attached hydrogens (tertiary/aromatic N) is 1. The molecule has 106 valence electrons. The van der Waals surface area contributed by atoms with E-state index >= 15 is 0 Å². The van der Waals surface area contributed by atoms with Gasteiger partial charge in [-0.25, -0.2) is 0 Å². The van der Waals surface area contributed by atoms with Crippen molar-refractivity contribution in [2.24, 2.45) is 0 Å². The SMILES string of the molecule is CCn1cc(C(=O)NC(C)C)c(=O)c2c(N)cccc21. The van der Waals surface area contributed by atoms with Crippen molar-refractivity contribution in [3.8, 4) is 0 Å². The van der Waals surface area contributed by atoms with Gasteiger partial charge in [-0.2, -0.15) is 0 Å². The molecule has 20 heavy (non-hydrogen) atoms. The number of pyridine rings is 1. The quantitative estimate of drug-likeness (QED) is 0.836. The van der Waals surface area contributed by atoms with E-state index in [-0.39, 0.29) is 22.9 Å². The number of hydrogen-bond donors (Lipinski definition) is 2. The average Bonchev–Trinajstić information content (AvgIpc) is 2.38. The number of fused-ring (bicyclic) bond motifs is 1. The lowest BCUT2D eigenvalue weighted by Crippen LogP contribution is -2.34. The third-order valence-electron chi connectivity index (χ3n) is 3.15. The number of rotatable bonds is 3. The number of hydrogen-bond acceptors (Lipinski definition) is 3. The first-order chi connectivity index (χ1) is 9.45. The minimum Gasteiger partial charge on any atom is -0.398 e. The summed E-state index contributed by atoms with van der Waals surface area (Å²) in [6, 6.07) is 5.28. The molecule has 1 aromatic carbocycles. The lowest BCUT2D eigenvalue weighted by molar-refractivity contribution is 0.0941. The first-order valence-electron chi connectivity index (χ1n) is 6.68. The molecule has 1 heterocycles. The molecule has 5 heteroatoms. The second kappa shape index (κ2) is 5.36. The van der Waals surface area contributed by atoms with Crippen LogP contribution in [0, 0.1) is 0 Å². The van der Waals surface area contributed by atoms with Crippen molar-refractivity contribution in [3.63, 3.8) is 0 Å². The Labute approximate surface area is 117 Å². The van der Waals surface area contributed by atoms with Gasteiger partial charge in [-0.15, -0.1) is 0 Å². The number of carbonyl (C=O) groups is 1. The molecule has 0 aliphatic heterocycles. The van der Waals surface area contributed by atoms with Crippen LogP contribution in [0.4, 0.5) is 5.69 Å². The predicted molar refractivity (Wildman–Crippen MR) is 80.9 cm³/mol. The van der Waals surface area contributed by atoms with Gasteiger partial charge < -0.3 is 15.6 Å². The van der Waals surface area contributed by atoms with Crippen LogP contribution in [0.2, 0.25) is 0 Å². The summed E-state index contributed by atoms with van der Waals surface area (Å²) >= 11 is 0. The van der Waals surface area contributed by atoms with E-state index in [9.17, 15) is 9.59 Å². The summed E-state index contributed by atoms with van der Waals surface area (Å²) in [4.78, 5) is 24.6. The number of nitrogens with one attached hydrogen (secondary N) is 1. The van der Waals surface area contributed by atoms with Crippen LogP contribution >= 0.6 is 0 Å². The number of nitrogen functional groups attached to an aromatic ring is 1. The molecular formula is C15H19N3O2. The van der Waals surface area contributed by atoms with Gasteiger partial charge in [0.15, 0.2) is 0 Å². The van der Waals surface area contributed by atoms with E-state index in [0.29, 0.717) is 17.6 Å². The maximum Gasteiger partial charge on any atom is 0.256 e. The first kappa shape index (κ1) is 14.1. The molecule has 0 unspecified atom stereocenters. The number of carbonyl (C=O) groups excluding carboxylic acids is 1. The minimum absolute atomic E-state index is 0.0270. The molecule has 0 fully saturated rings. The van der Waals surface area contributed by atoms with Gasteiger partial charge in [-0.3, -0.25) is 9.59 Å². The smallest absolute Gasteiger partial charge is 0.256 e. The van der Waals surface area contributed by atoms with Crippen molar-refractivity contribution in [1.82, 2.24) is 9.88 Å². The van der Waals surface area contributed by atoms with Crippen LogP contribution in [0.5, 0.6) is 0 Å². The molecule has 1 aromatic heterocycles. The van der Waals surface area contributed by atoms with Crippen LogP contribution in [0.15, 0.2) is 29.2 Å². The summed E-state index contributed by atoms with van der Waals surface area (Å²) < 4.78 is 1.86. The van der Waals surface area contributed by atoms with Crippen LogP contribution in [0.3, 0.4) is 0 Å². The number of aryl methyl sites for hydroxylation is 1. The zero-order chi connectivity index (χ0) is 14.9. The van der Waals surface area contributed by atoms with Crippen molar-refractivity contribution < 1.29 is 4.79 Å². The Morgan fingerprint density at radius 3 is 2.70 bits per heavy atom. The number of amides is 1. The molecule has 0 aliphatic rings. The van der Waals surface area contributed by atoms with E-state index in [1.165, 1.54) is 0 Å². The van der Waals surface area contributed by atoms with Crippen LogP contribution in [-0.4, -0.2) is 16.5 Å². The molecule has 2 aromatic rings. The fourth-order valence-corrected chi connectivity index (χ4v) is 2.23. The maximum absolute atomic E-state index is 12.5. The van der Waals surface area contributed by atoms with Gasteiger partial charge in [0.1, 0.15) is 5.56 Å². The van der Waals surface area contributed by atoms with Crippen molar-refractivity contribution in [3.05, 3.63) is 40.2 Å². The van der Waals surface area contributed by atoms with Crippen molar-refractivity contribution in [2.45, 2.75) is 33.4 Å². The average molecular weight is 273 g/mol. The summed E-state index contributed by atoms with van der Waals surface area (Å²) in [5.74, 6) is -0.364. The molecule has 0 saturated carbocycles. The van der Waals surface area contributed by atoms with Gasteiger partial charge >= 0.3 is 0 Å². The summed E-state index contributed by atoms with van der Waals surface area (Å²) in [7, 11) is 0. The fourth-order valence-electron chi connectivity index (χ4n) is 2.23. The first-order valence-corrected chi connectivity index (χ1v) is 6.68. The number of anilines is 1. The Hall–Kier alpha value is -2.30. The number of benzene rings is 1. The largest absolute Gasteiger partial charge is 0.398 e. The number of nitrogens with two attached hydrogens (primary N) is 1. The highest BCUT2D eigenvalue weighted by Gasteiger charge is 2.16. The summed E-state index contributed by atoms with van der Waals surface area (Å²) in [6.07, 6.45) is 1.60. The summed E-state index contributed by atoms with van der Waals surface area (Å²) in [5, 5.41) is 3.15. The molecule has 0 spiro atoms. The maximum atomic E-state index is 12.5. The van der Waals surface area contributed by atoms with E-state index < -0.39 is 0 Å². The third-order valence-corrected chi connectivity index (χ3v) is 3.15. The normalized spacial score (nSPS) is 11.0. The zero-order valence-electron chi connectivity index (χ0n) is 11.9. The Kier molecular flexibility index (Phi) is 3.79. The Morgan fingerprint density at radius 1 is 1.40 bits per heavy atom.